The average Bonchev–Trinajstić information content (AvgIpc) is 2.65. The molecule has 0 bridgehead atoms. The summed E-state index contributed by atoms with van der Waals surface area (Å²) in [5.41, 5.74) is 0.760. The quantitative estimate of drug-likeness (QED) is 0.804. The Bertz CT molecular complexity index is 539. The molecular formula is C13H14F2N2. The van der Waals surface area contributed by atoms with Crippen molar-refractivity contribution >= 4 is 0 Å². The minimum absolute atomic E-state index is 0.130. The van der Waals surface area contributed by atoms with Crippen LogP contribution in [0, 0.1) is 11.6 Å². The number of imidazole rings is 1. The summed E-state index contributed by atoms with van der Waals surface area (Å²) in [5, 5.41) is 0. The van der Waals surface area contributed by atoms with Gasteiger partial charge < -0.3 is 4.98 Å². The average molecular weight is 236 g/mol. The first-order valence-corrected chi connectivity index (χ1v) is 5.39. The van der Waals surface area contributed by atoms with Crippen LogP contribution in [-0.4, -0.2) is 9.97 Å². The van der Waals surface area contributed by atoms with Gasteiger partial charge in [-0.25, -0.2) is 13.8 Å². The van der Waals surface area contributed by atoms with E-state index in [9.17, 15) is 8.78 Å². The van der Waals surface area contributed by atoms with E-state index in [-0.39, 0.29) is 5.41 Å². The largest absolute Gasteiger partial charge is 0.341 e. The Balaban J connectivity index is 2.44. The second-order valence-corrected chi connectivity index (χ2v) is 5.02. The van der Waals surface area contributed by atoms with Gasteiger partial charge in [0, 0.05) is 17.0 Å². The number of aromatic nitrogens is 2. The lowest BCUT2D eigenvalue weighted by molar-refractivity contribution is 0.552. The lowest BCUT2D eigenvalue weighted by atomic mass is 9.96. The number of aromatic amines is 1. The fourth-order valence-corrected chi connectivity index (χ4v) is 1.55. The zero-order valence-electron chi connectivity index (χ0n) is 10.0. The van der Waals surface area contributed by atoms with E-state index in [1.807, 2.05) is 20.8 Å². The van der Waals surface area contributed by atoms with E-state index in [1.54, 1.807) is 6.20 Å². The van der Waals surface area contributed by atoms with Gasteiger partial charge in [-0.05, 0) is 12.1 Å². The van der Waals surface area contributed by atoms with Crippen LogP contribution in [0.1, 0.15) is 26.6 Å². The van der Waals surface area contributed by atoms with Crippen LogP contribution in [-0.2, 0) is 5.41 Å². The molecule has 0 unspecified atom stereocenters. The maximum Gasteiger partial charge on any atom is 0.135 e. The minimum atomic E-state index is -0.589. The van der Waals surface area contributed by atoms with Crippen LogP contribution in [0.5, 0.6) is 0 Å². The lowest BCUT2D eigenvalue weighted by Gasteiger charge is -2.14. The molecule has 2 aromatic rings. The molecule has 1 heterocycles. The SMILES string of the molecule is CC(C)(C)c1ncc(-c2ccc(F)cc2F)[nH]1. The number of nitrogens with zero attached hydrogens (tertiary/aromatic N) is 1. The minimum Gasteiger partial charge on any atom is -0.341 e. The molecule has 0 saturated carbocycles. The van der Waals surface area contributed by atoms with Crippen molar-refractivity contribution in [2.75, 3.05) is 0 Å². The van der Waals surface area contributed by atoms with Crippen molar-refractivity contribution in [2.24, 2.45) is 0 Å². The fraction of sp³-hybridized carbons (Fsp3) is 0.308. The van der Waals surface area contributed by atoms with Gasteiger partial charge in [0.1, 0.15) is 17.5 Å². The summed E-state index contributed by atoms with van der Waals surface area (Å²) in [4.78, 5) is 7.27. The highest BCUT2D eigenvalue weighted by Crippen LogP contribution is 2.25. The van der Waals surface area contributed by atoms with Gasteiger partial charge in [-0.2, -0.15) is 0 Å². The van der Waals surface area contributed by atoms with Crippen LogP contribution in [0.4, 0.5) is 8.78 Å². The first-order chi connectivity index (χ1) is 7.88. The topological polar surface area (TPSA) is 28.7 Å². The Morgan fingerprint density at radius 2 is 1.88 bits per heavy atom. The normalized spacial score (nSPS) is 11.8. The van der Waals surface area contributed by atoms with Gasteiger partial charge in [0.05, 0.1) is 11.9 Å². The summed E-state index contributed by atoms with van der Waals surface area (Å²) in [6, 6.07) is 3.51. The molecule has 0 saturated heterocycles. The summed E-state index contributed by atoms with van der Waals surface area (Å²) in [6.45, 7) is 6.03. The van der Waals surface area contributed by atoms with Gasteiger partial charge in [0.2, 0.25) is 0 Å². The molecule has 0 spiro atoms. The smallest absolute Gasteiger partial charge is 0.135 e. The molecule has 2 rings (SSSR count). The van der Waals surface area contributed by atoms with E-state index < -0.39 is 11.6 Å². The Hall–Kier alpha value is -1.71. The van der Waals surface area contributed by atoms with E-state index in [4.69, 9.17) is 0 Å². The second kappa shape index (κ2) is 3.95. The number of halogens is 2. The molecule has 2 nitrogen and oxygen atoms in total. The summed E-state index contributed by atoms with van der Waals surface area (Å²) >= 11 is 0. The predicted octanol–water partition coefficient (Wildman–Crippen LogP) is 3.65. The van der Waals surface area contributed by atoms with Crippen molar-refractivity contribution in [2.45, 2.75) is 26.2 Å². The number of rotatable bonds is 1. The zero-order chi connectivity index (χ0) is 12.6. The van der Waals surface area contributed by atoms with Crippen LogP contribution in [0.3, 0.4) is 0 Å². The Kier molecular flexibility index (Phi) is 2.73. The monoisotopic (exact) mass is 236 g/mol. The summed E-state index contributed by atoms with van der Waals surface area (Å²) in [5.74, 6) is -0.396. The van der Waals surface area contributed by atoms with Crippen molar-refractivity contribution in [1.82, 2.24) is 9.97 Å². The number of benzene rings is 1. The molecule has 0 aliphatic rings. The molecule has 1 N–H and O–H groups in total. The zero-order valence-corrected chi connectivity index (χ0v) is 10.0. The van der Waals surface area contributed by atoms with Gasteiger partial charge in [-0.3, -0.25) is 0 Å². The van der Waals surface area contributed by atoms with Crippen LogP contribution in [0.25, 0.3) is 11.3 Å². The molecule has 1 aromatic carbocycles. The molecule has 1 aromatic heterocycles. The Morgan fingerprint density at radius 3 is 2.41 bits per heavy atom. The highest BCUT2D eigenvalue weighted by Gasteiger charge is 2.18. The molecule has 0 radical (unpaired) electrons. The number of nitrogens with one attached hydrogen (secondary N) is 1. The molecule has 0 atom stereocenters. The summed E-state index contributed by atoms with van der Waals surface area (Å²) in [6.07, 6.45) is 1.57. The highest BCUT2D eigenvalue weighted by atomic mass is 19.1. The molecule has 4 heteroatoms. The van der Waals surface area contributed by atoms with Crippen molar-refractivity contribution in [3.05, 3.63) is 41.9 Å². The van der Waals surface area contributed by atoms with Crippen LogP contribution >= 0.6 is 0 Å². The third kappa shape index (κ3) is 2.35. The number of hydrogen-bond acceptors (Lipinski definition) is 1. The summed E-state index contributed by atoms with van der Waals surface area (Å²) < 4.78 is 26.3. The van der Waals surface area contributed by atoms with Crippen molar-refractivity contribution in [3.63, 3.8) is 0 Å². The van der Waals surface area contributed by atoms with Crippen LogP contribution in [0.15, 0.2) is 24.4 Å². The standard InChI is InChI=1S/C13H14F2N2/c1-13(2,3)12-16-7-11(17-12)9-5-4-8(14)6-10(9)15/h4-7H,1-3H3,(H,16,17). The molecule has 17 heavy (non-hydrogen) atoms. The van der Waals surface area contributed by atoms with Crippen molar-refractivity contribution in [3.8, 4) is 11.3 Å². The Labute approximate surface area is 98.7 Å². The van der Waals surface area contributed by atoms with E-state index >= 15 is 0 Å². The number of hydrogen-bond donors (Lipinski definition) is 1. The van der Waals surface area contributed by atoms with Crippen molar-refractivity contribution in [1.29, 1.82) is 0 Å². The van der Waals surface area contributed by atoms with Gasteiger partial charge >= 0.3 is 0 Å². The van der Waals surface area contributed by atoms with E-state index in [0.29, 0.717) is 11.3 Å². The third-order valence-electron chi connectivity index (χ3n) is 2.51. The van der Waals surface area contributed by atoms with Gasteiger partial charge in [0.15, 0.2) is 0 Å². The van der Waals surface area contributed by atoms with E-state index in [1.165, 1.54) is 12.1 Å². The molecule has 0 aliphatic carbocycles. The number of H-pyrrole nitrogens is 1. The summed E-state index contributed by atoms with van der Waals surface area (Å²) in [7, 11) is 0. The first-order valence-electron chi connectivity index (χ1n) is 5.39. The third-order valence-corrected chi connectivity index (χ3v) is 2.51. The van der Waals surface area contributed by atoms with Crippen LogP contribution < -0.4 is 0 Å². The first kappa shape index (κ1) is 11.8. The lowest BCUT2D eigenvalue weighted by Crippen LogP contribution is -2.13. The second-order valence-electron chi connectivity index (χ2n) is 5.02. The van der Waals surface area contributed by atoms with Crippen molar-refractivity contribution < 1.29 is 8.78 Å². The molecule has 0 fully saturated rings. The molecule has 90 valence electrons. The molecule has 0 amide bonds. The predicted molar refractivity (Wildman–Crippen MR) is 62.6 cm³/mol. The van der Waals surface area contributed by atoms with Gasteiger partial charge in [0.25, 0.3) is 0 Å². The Morgan fingerprint density at radius 1 is 1.18 bits per heavy atom. The fourth-order valence-electron chi connectivity index (χ4n) is 1.55. The van der Waals surface area contributed by atoms with E-state index in [0.717, 1.165) is 11.9 Å². The van der Waals surface area contributed by atoms with Gasteiger partial charge in [-0.15, -0.1) is 0 Å². The highest BCUT2D eigenvalue weighted by molar-refractivity contribution is 5.59. The maximum absolute atomic E-state index is 13.6. The van der Waals surface area contributed by atoms with E-state index in [2.05, 4.69) is 9.97 Å². The van der Waals surface area contributed by atoms with Gasteiger partial charge in [-0.1, -0.05) is 20.8 Å². The maximum atomic E-state index is 13.6. The molecule has 0 aliphatic heterocycles. The van der Waals surface area contributed by atoms with Crippen LogP contribution in [0.2, 0.25) is 0 Å². The molecular weight excluding hydrogens is 222 g/mol.